The number of carboxylic acids is 1. The molecule has 1 aliphatic heterocycles. The number of amides is 2. The van der Waals surface area contributed by atoms with E-state index in [4.69, 9.17) is 15.4 Å². The molecule has 1 aromatic rings. The summed E-state index contributed by atoms with van der Waals surface area (Å²) in [5, 5.41) is 15.5. The molecule has 2 atom stereocenters. The lowest BCUT2D eigenvalue weighted by Crippen LogP contribution is -2.73. The van der Waals surface area contributed by atoms with E-state index in [0.717, 1.165) is 18.3 Å². The summed E-state index contributed by atoms with van der Waals surface area (Å²) in [6.07, 6.45) is 0. The molecular weight excluding hydrogens is 450 g/mol. The Balaban J connectivity index is 2.24. The summed E-state index contributed by atoms with van der Waals surface area (Å²) >= 11 is 0.934. The Labute approximate surface area is 172 Å². The molecule has 2 amide bonds. The predicted molar refractivity (Wildman–Crippen MR) is 97.4 cm³/mol. The molecule has 1 aliphatic rings. The first kappa shape index (κ1) is 23.0. The first-order valence-electron chi connectivity index (χ1n) is 7.79. The van der Waals surface area contributed by atoms with Crippen molar-refractivity contribution in [1.82, 2.24) is 14.6 Å². The van der Waals surface area contributed by atoms with Crippen molar-refractivity contribution in [2.75, 3.05) is 18.9 Å². The zero-order valence-corrected chi connectivity index (χ0v) is 16.7. The highest BCUT2D eigenvalue weighted by Gasteiger charge is 2.54. The van der Waals surface area contributed by atoms with Gasteiger partial charge >= 0.3 is 22.2 Å². The number of nitrogens with zero attached hydrogens (tertiary/aromatic N) is 3. The van der Waals surface area contributed by atoms with Gasteiger partial charge in [-0.05, 0) is 0 Å². The summed E-state index contributed by atoms with van der Waals surface area (Å²) < 4.78 is 36.6. The molecule has 0 aromatic carbocycles. The maximum atomic E-state index is 12.6. The van der Waals surface area contributed by atoms with E-state index in [2.05, 4.69) is 25.0 Å². The molecule has 0 aliphatic carbocycles. The van der Waals surface area contributed by atoms with Crippen molar-refractivity contribution in [3.8, 4) is 0 Å². The van der Waals surface area contributed by atoms with Crippen LogP contribution in [0.15, 0.2) is 10.5 Å². The van der Waals surface area contributed by atoms with Crippen molar-refractivity contribution in [1.29, 1.82) is 0 Å². The van der Waals surface area contributed by atoms with Crippen LogP contribution in [0, 0.1) is 0 Å². The number of carbonyl (C=O) groups excluding carboxylic acids is 3. The molecule has 2 rings (SSSR count). The highest BCUT2D eigenvalue weighted by atomic mass is 32.2. The minimum absolute atomic E-state index is 0.0411. The average Bonchev–Trinajstić information content (AvgIpc) is 3.04. The van der Waals surface area contributed by atoms with Crippen LogP contribution >= 0.6 is 11.3 Å². The van der Waals surface area contributed by atoms with E-state index in [9.17, 15) is 27.6 Å². The number of oxime groups is 1. The number of nitrogens with one attached hydrogen (secondary N) is 1. The molecule has 17 heteroatoms. The number of hydrogen-bond acceptors (Lipinski definition) is 12. The molecule has 2 heterocycles. The lowest BCUT2D eigenvalue weighted by molar-refractivity contribution is -0.154. The van der Waals surface area contributed by atoms with Gasteiger partial charge in [-0.15, -0.1) is 11.3 Å². The first-order valence-corrected chi connectivity index (χ1v) is 10.1. The maximum Gasteiger partial charge on any atom is 0.362 e. The largest absolute Gasteiger partial charge is 0.479 e. The van der Waals surface area contributed by atoms with Gasteiger partial charge in [-0.1, -0.05) is 5.16 Å². The van der Waals surface area contributed by atoms with Gasteiger partial charge in [0.25, 0.3) is 11.8 Å². The van der Waals surface area contributed by atoms with Crippen LogP contribution < -0.4 is 11.1 Å². The highest BCUT2D eigenvalue weighted by Crippen LogP contribution is 2.24. The van der Waals surface area contributed by atoms with Crippen molar-refractivity contribution >= 4 is 56.2 Å². The third-order valence-electron chi connectivity index (χ3n) is 3.49. The molecule has 1 fully saturated rings. The van der Waals surface area contributed by atoms with Crippen LogP contribution in [0.3, 0.4) is 0 Å². The van der Waals surface area contributed by atoms with Gasteiger partial charge in [0.1, 0.15) is 24.4 Å². The number of nitrogens with two attached hydrogens (primary N) is 1. The van der Waals surface area contributed by atoms with E-state index >= 15 is 0 Å². The van der Waals surface area contributed by atoms with Crippen LogP contribution in [0.25, 0.3) is 0 Å². The Kier molecular flexibility index (Phi) is 6.90. The van der Waals surface area contributed by atoms with E-state index in [1.807, 2.05) is 0 Å². The van der Waals surface area contributed by atoms with Crippen LogP contribution in [-0.2, 0) is 39.1 Å². The minimum atomic E-state index is -4.98. The van der Waals surface area contributed by atoms with Crippen molar-refractivity contribution in [2.24, 2.45) is 5.16 Å². The molecular formula is C13H15N5O10S2. The van der Waals surface area contributed by atoms with Gasteiger partial charge in [0, 0.05) is 12.3 Å². The Hall–Kier alpha value is -3.31. The van der Waals surface area contributed by atoms with Crippen molar-refractivity contribution in [3.63, 3.8) is 0 Å². The summed E-state index contributed by atoms with van der Waals surface area (Å²) in [7, 11) is -4.98. The first-order chi connectivity index (χ1) is 13.9. The minimum Gasteiger partial charge on any atom is -0.479 e. The van der Waals surface area contributed by atoms with E-state index in [0.29, 0.717) is 0 Å². The normalized spacial score (nSPS) is 19.1. The molecule has 1 aromatic heterocycles. The fourth-order valence-corrected chi connectivity index (χ4v) is 3.70. The maximum absolute atomic E-state index is 12.6. The van der Waals surface area contributed by atoms with Crippen molar-refractivity contribution in [2.45, 2.75) is 19.0 Å². The zero-order chi connectivity index (χ0) is 22.6. The number of thiazole rings is 1. The van der Waals surface area contributed by atoms with Gasteiger partial charge in [-0.2, -0.15) is 8.42 Å². The summed E-state index contributed by atoms with van der Waals surface area (Å²) in [5.74, 6) is -4.47. The number of aromatic nitrogens is 1. The fraction of sp³-hybridized carbons (Fsp3) is 0.385. The Morgan fingerprint density at radius 3 is 2.60 bits per heavy atom. The fourth-order valence-electron chi connectivity index (χ4n) is 2.29. The van der Waals surface area contributed by atoms with Gasteiger partial charge in [0.15, 0.2) is 10.8 Å². The molecule has 30 heavy (non-hydrogen) atoms. The molecule has 15 nitrogen and oxygen atoms in total. The highest BCUT2D eigenvalue weighted by molar-refractivity contribution is 7.84. The average molecular weight is 465 g/mol. The van der Waals surface area contributed by atoms with E-state index in [1.54, 1.807) is 0 Å². The van der Waals surface area contributed by atoms with Gasteiger partial charge in [-0.25, -0.2) is 14.1 Å². The second-order valence-electron chi connectivity index (χ2n) is 5.61. The summed E-state index contributed by atoms with van der Waals surface area (Å²) in [4.78, 5) is 54.6. The number of hydrogen-bond donors (Lipinski definition) is 4. The van der Waals surface area contributed by atoms with Gasteiger partial charge < -0.3 is 25.7 Å². The van der Waals surface area contributed by atoms with Crippen molar-refractivity contribution < 1.29 is 46.8 Å². The summed E-state index contributed by atoms with van der Waals surface area (Å²) in [6.45, 7) is -0.495. The number of anilines is 1. The topological polar surface area (TPSA) is 228 Å². The summed E-state index contributed by atoms with van der Waals surface area (Å²) in [6, 6.07) is -2.94. The lowest BCUT2D eigenvalue weighted by Gasteiger charge is -2.43. The van der Waals surface area contributed by atoms with Gasteiger partial charge in [0.05, 0.1) is 0 Å². The quantitative estimate of drug-likeness (QED) is 0.0982. The molecule has 0 radical (unpaired) electrons. The number of esters is 1. The Morgan fingerprint density at radius 2 is 2.10 bits per heavy atom. The number of ether oxygens (including phenoxy) is 1. The van der Waals surface area contributed by atoms with Crippen molar-refractivity contribution in [3.05, 3.63) is 11.1 Å². The number of carboxylic acid groups (broad SMARTS) is 1. The van der Waals surface area contributed by atoms with Gasteiger partial charge in [-0.3, -0.25) is 18.9 Å². The van der Waals surface area contributed by atoms with Gasteiger partial charge in [0.2, 0.25) is 6.61 Å². The molecule has 5 N–H and O–H groups in total. The third kappa shape index (κ3) is 5.39. The van der Waals surface area contributed by atoms with Crippen LogP contribution in [-0.4, -0.2) is 82.1 Å². The summed E-state index contributed by atoms with van der Waals surface area (Å²) in [5.41, 5.74) is 4.84. The molecule has 0 unspecified atom stereocenters. The van der Waals surface area contributed by atoms with E-state index in [-0.39, 0.29) is 15.1 Å². The second-order valence-corrected chi connectivity index (χ2v) is 7.79. The molecule has 164 valence electrons. The number of β-lactam (4-membered cyclic amide) rings is 1. The number of nitrogen functional groups attached to an aromatic ring is 1. The zero-order valence-electron chi connectivity index (χ0n) is 15.0. The Morgan fingerprint density at radius 1 is 1.43 bits per heavy atom. The van der Waals surface area contributed by atoms with Crippen LogP contribution in [0.5, 0.6) is 0 Å². The molecule has 0 saturated carbocycles. The van der Waals surface area contributed by atoms with Crippen LogP contribution in [0.4, 0.5) is 5.13 Å². The third-order valence-corrected chi connectivity index (χ3v) is 5.11. The molecule has 0 spiro atoms. The number of carbonyl (C=O) groups is 4. The Bertz CT molecular complexity index is 1000. The SMILES string of the molecule is CC(=O)OC[C@@H]1[C@H](NC(=O)C(=NOCC(=O)O)c2csc(N)n2)C(=O)N1S(=O)(=O)O. The van der Waals surface area contributed by atoms with Crippen LogP contribution in [0.1, 0.15) is 12.6 Å². The van der Waals surface area contributed by atoms with E-state index < -0.39 is 65.1 Å². The monoisotopic (exact) mass is 465 g/mol. The standard InChI is InChI=1S/C13H15N5O10S2/c1-5(19)27-2-7-10(12(23)18(7)30(24,25)26)16-11(22)9(17-28-3-8(20)21)6-4-29-13(14)15-6/h4,7,10H,2-3H2,1H3,(H2,14,15)(H,16,22)(H,20,21)(H,24,25,26)/t7-,10+/m1/s1. The smallest absolute Gasteiger partial charge is 0.362 e. The lowest BCUT2D eigenvalue weighted by atomic mass is 9.99. The number of rotatable bonds is 9. The molecule has 0 bridgehead atoms. The second kappa shape index (κ2) is 9.01. The van der Waals surface area contributed by atoms with E-state index in [1.165, 1.54) is 5.38 Å². The molecule has 1 saturated heterocycles. The number of aliphatic carboxylic acids is 1. The van der Waals surface area contributed by atoms with Crippen LogP contribution in [0.2, 0.25) is 0 Å². The predicted octanol–water partition coefficient (Wildman–Crippen LogP) is -2.41.